The van der Waals surface area contributed by atoms with Crippen molar-refractivity contribution in [1.82, 2.24) is 15.5 Å². The first-order chi connectivity index (χ1) is 11.4. The molecule has 1 N–H and O–H groups in total. The molecule has 3 heteroatoms. The highest BCUT2D eigenvalue weighted by Gasteiger charge is 2.49. The normalized spacial score (nSPS) is 28.8. The highest BCUT2D eigenvalue weighted by Crippen LogP contribution is 2.42. The molecule has 2 aromatic carbocycles. The summed E-state index contributed by atoms with van der Waals surface area (Å²) in [5.74, 6) is 0. The molecule has 3 nitrogen and oxygen atoms in total. The van der Waals surface area contributed by atoms with Crippen LogP contribution in [0.25, 0.3) is 0 Å². The summed E-state index contributed by atoms with van der Waals surface area (Å²) in [4.78, 5) is 2.59. The Morgan fingerprint density at radius 2 is 1.57 bits per heavy atom. The Morgan fingerprint density at radius 1 is 0.913 bits per heavy atom. The monoisotopic (exact) mass is 306 g/mol. The zero-order valence-electron chi connectivity index (χ0n) is 13.5. The Hall–Kier alpha value is -1.68. The van der Waals surface area contributed by atoms with Crippen LogP contribution in [0, 0.1) is 0 Å². The molecule has 119 valence electrons. The molecule has 2 unspecified atom stereocenters. The molecule has 0 spiro atoms. The maximum Gasteiger partial charge on any atom is 0.133 e. The van der Waals surface area contributed by atoms with Crippen LogP contribution in [0.4, 0.5) is 0 Å². The van der Waals surface area contributed by atoms with Gasteiger partial charge in [0.2, 0.25) is 0 Å². The molecule has 2 aliphatic rings. The third-order valence-electron chi connectivity index (χ3n) is 5.14. The van der Waals surface area contributed by atoms with Crippen molar-refractivity contribution in [2.45, 2.75) is 24.5 Å². The maximum absolute atomic E-state index is 5.23. The molecule has 0 saturated carbocycles. The van der Waals surface area contributed by atoms with Crippen LogP contribution >= 0.6 is 0 Å². The lowest BCUT2D eigenvalue weighted by Gasteiger charge is -2.50. The van der Waals surface area contributed by atoms with Crippen LogP contribution in [0.3, 0.4) is 0 Å². The van der Waals surface area contributed by atoms with Gasteiger partial charge in [-0.2, -0.15) is 0 Å². The molecule has 0 bridgehead atoms. The number of piperazine rings is 1. The third kappa shape index (κ3) is 2.59. The fourth-order valence-corrected chi connectivity index (χ4v) is 4.13. The zero-order chi connectivity index (χ0) is 15.5. The molecule has 2 fully saturated rings. The number of nitrogens with one attached hydrogen (secondary N) is 1. The van der Waals surface area contributed by atoms with Crippen molar-refractivity contribution in [2.75, 3.05) is 26.2 Å². The van der Waals surface area contributed by atoms with Crippen molar-refractivity contribution in [3.63, 3.8) is 0 Å². The third-order valence-corrected chi connectivity index (χ3v) is 5.14. The van der Waals surface area contributed by atoms with E-state index in [9.17, 15) is 0 Å². The second-order valence-corrected chi connectivity index (χ2v) is 6.47. The Bertz CT molecular complexity index is 622. The molecule has 2 atom stereocenters. The number of benzene rings is 2. The number of nitrogens with zero attached hydrogens (tertiary/aromatic N) is 2. The van der Waals surface area contributed by atoms with Crippen LogP contribution in [0.1, 0.15) is 30.0 Å². The Labute approximate surface area is 138 Å². The van der Waals surface area contributed by atoms with Gasteiger partial charge in [-0.15, -0.1) is 0 Å². The molecule has 2 aliphatic heterocycles. The first-order valence-corrected chi connectivity index (χ1v) is 8.69. The number of hydrogen-bond acceptors (Lipinski definition) is 2. The highest BCUT2D eigenvalue weighted by atomic mass is 15.4. The first kappa shape index (κ1) is 14.9. The van der Waals surface area contributed by atoms with Crippen molar-refractivity contribution < 1.29 is 0 Å². The number of likely N-dealkylation sites (tertiary alicyclic amines) is 1. The van der Waals surface area contributed by atoms with Crippen LogP contribution in [0.15, 0.2) is 60.7 Å². The predicted molar refractivity (Wildman–Crippen MR) is 93.1 cm³/mol. The quantitative estimate of drug-likeness (QED) is 0.945. The van der Waals surface area contributed by atoms with Gasteiger partial charge in [0.05, 0.1) is 6.04 Å². The van der Waals surface area contributed by atoms with E-state index >= 15 is 0 Å². The van der Waals surface area contributed by atoms with Gasteiger partial charge in [0, 0.05) is 26.2 Å². The van der Waals surface area contributed by atoms with Crippen LogP contribution in [-0.2, 0) is 5.66 Å². The van der Waals surface area contributed by atoms with Crippen molar-refractivity contribution in [1.29, 1.82) is 0 Å². The summed E-state index contributed by atoms with van der Waals surface area (Å²) in [6.45, 7) is 4.07. The minimum atomic E-state index is -0.280. The summed E-state index contributed by atoms with van der Waals surface area (Å²) < 4.78 is 0. The molecule has 2 aromatic rings. The average molecular weight is 306 g/mol. The van der Waals surface area contributed by atoms with Gasteiger partial charge in [0.25, 0.3) is 0 Å². The smallest absolute Gasteiger partial charge is 0.133 e. The van der Waals surface area contributed by atoms with E-state index in [1.54, 1.807) is 0 Å². The van der Waals surface area contributed by atoms with Crippen LogP contribution in [0.2, 0.25) is 0 Å². The van der Waals surface area contributed by atoms with Gasteiger partial charge >= 0.3 is 0 Å². The fourth-order valence-electron chi connectivity index (χ4n) is 4.13. The minimum Gasteiger partial charge on any atom is -0.306 e. The lowest BCUT2D eigenvalue weighted by molar-refractivity contribution is 0.0113. The Morgan fingerprint density at radius 3 is 2.26 bits per heavy atom. The zero-order valence-corrected chi connectivity index (χ0v) is 13.5. The maximum atomic E-state index is 5.23. The minimum absolute atomic E-state index is 0.206. The molecule has 4 rings (SSSR count). The van der Waals surface area contributed by atoms with Crippen LogP contribution in [0.5, 0.6) is 0 Å². The molecule has 23 heavy (non-hydrogen) atoms. The van der Waals surface area contributed by atoms with E-state index in [-0.39, 0.29) is 11.7 Å². The van der Waals surface area contributed by atoms with E-state index in [1.807, 2.05) is 0 Å². The Kier molecular flexibility index (Phi) is 4.17. The van der Waals surface area contributed by atoms with Gasteiger partial charge in [-0.1, -0.05) is 60.7 Å². The average Bonchev–Trinajstić information content (AvgIpc) is 3.18. The van der Waals surface area contributed by atoms with Gasteiger partial charge < -0.3 is 5.32 Å². The van der Waals surface area contributed by atoms with Crippen molar-refractivity contribution >= 4 is 0 Å². The van der Waals surface area contributed by atoms with Crippen LogP contribution in [-0.4, -0.2) is 31.1 Å². The van der Waals surface area contributed by atoms with Gasteiger partial charge in [0.15, 0.2) is 0 Å². The molecular formula is C20H24N3. The molecule has 0 amide bonds. The largest absolute Gasteiger partial charge is 0.306 e. The van der Waals surface area contributed by atoms with E-state index in [2.05, 4.69) is 70.9 Å². The first-order valence-electron chi connectivity index (χ1n) is 8.69. The van der Waals surface area contributed by atoms with Gasteiger partial charge in [0.1, 0.15) is 5.66 Å². The SMILES string of the molecule is c1ccc(C2NCC[N]C2(c2ccccc2)N2CCCC2)cc1. The van der Waals surface area contributed by atoms with Gasteiger partial charge in [-0.05, 0) is 24.0 Å². The van der Waals surface area contributed by atoms with Crippen molar-refractivity contribution in [3.05, 3.63) is 71.8 Å². The lowest BCUT2D eigenvalue weighted by atomic mass is 9.83. The second-order valence-electron chi connectivity index (χ2n) is 6.47. The van der Waals surface area contributed by atoms with Gasteiger partial charge in [-0.25, -0.2) is 5.32 Å². The summed E-state index contributed by atoms with van der Waals surface area (Å²) >= 11 is 0. The Balaban J connectivity index is 1.84. The van der Waals surface area contributed by atoms with E-state index in [1.165, 1.54) is 24.0 Å². The van der Waals surface area contributed by atoms with E-state index in [4.69, 9.17) is 5.32 Å². The summed E-state index contributed by atoms with van der Waals surface area (Å²) in [5, 5.41) is 9.00. The number of hydrogen-bond donors (Lipinski definition) is 1. The van der Waals surface area contributed by atoms with E-state index in [0.29, 0.717) is 0 Å². The summed E-state index contributed by atoms with van der Waals surface area (Å²) in [5.41, 5.74) is 2.35. The predicted octanol–water partition coefficient (Wildman–Crippen LogP) is 2.88. The molecule has 0 aromatic heterocycles. The number of rotatable bonds is 3. The molecule has 2 saturated heterocycles. The summed E-state index contributed by atoms with van der Waals surface area (Å²) in [6.07, 6.45) is 2.54. The molecule has 2 heterocycles. The topological polar surface area (TPSA) is 29.4 Å². The molecular weight excluding hydrogens is 282 g/mol. The summed E-state index contributed by atoms with van der Waals surface area (Å²) in [6, 6.07) is 21.9. The highest BCUT2D eigenvalue weighted by molar-refractivity contribution is 5.33. The lowest BCUT2D eigenvalue weighted by Crippen LogP contribution is -2.63. The molecule has 1 radical (unpaired) electrons. The van der Waals surface area contributed by atoms with Crippen LogP contribution < -0.4 is 10.6 Å². The fraction of sp³-hybridized carbons (Fsp3) is 0.400. The molecule has 0 aliphatic carbocycles. The standard InChI is InChI=1S/C20H24N3/c1-3-9-17(10-4-1)19-20(22-14-13-21-19,23-15-7-8-16-23)18-11-5-2-6-12-18/h1-6,9-12,19,21H,7-8,13-16H2. The van der Waals surface area contributed by atoms with E-state index in [0.717, 1.165) is 26.2 Å². The second kappa shape index (κ2) is 6.44. The van der Waals surface area contributed by atoms with Crippen molar-refractivity contribution in [2.24, 2.45) is 0 Å². The van der Waals surface area contributed by atoms with Gasteiger partial charge in [-0.3, -0.25) is 4.90 Å². The van der Waals surface area contributed by atoms with Crippen molar-refractivity contribution in [3.8, 4) is 0 Å². The summed E-state index contributed by atoms with van der Waals surface area (Å²) in [7, 11) is 0. The van der Waals surface area contributed by atoms with E-state index < -0.39 is 0 Å².